The lowest BCUT2D eigenvalue weighted by Gasteiger charge is -2.08. The number of furan rings is 1. The van der Waals surface area contributed by atoms with E-state index < -0.39 is 23.5 Å². The van der Waals surface area contributed by atoms with Crippen LogP contribution in [0.2, 0.25) is 0 Å². The number of methoxy groups -OCH3 is 1. The second kappa shape index (κ2) is 7.60. The first kappa shape index (κ1) is 19.6. The minimum Gasteiger partial charge on any atom is -0.494 e. The van der Waals surface area contributed by atoms with Gasteiger partial charge in [0.1, 0.15) is 11.1 Å². The van der Waals surface area contributed by atoms with E-state index in [1.54, 1.807) is 24.3 Å². The Labute approximate surface area is 172 Å². The third kappa shape index (κ3) is 3.29. The highest BCUT2D eigenvalue weighted by molar-refractivity contribution is 7.14. The Hall–Kier alpha value is -3.72. The molecule has 0 aliphatic heterocycles. The summed E-state index contributed by atoms with van der Waals surface area (Å²) >= 11 is 0.862. The van der Waals surface area contributed by atoms with Crippen LogP contribution in [-0.4, -0.2) is 24.1 Å². The Balaban J connectivity index is 1.72. The predicted octanol–water partition coefficient (Wildman–Crippen LogP) is 5.40. The Bertz CT molecular complexity index is 1260. The SMILES string of the molecule is COc1ccc(-c2scc(NC(=O)c3cc4ccccc4o3)c2C(=O)O)c(F)c1F. The number of thiophene rings is 1. The van der Waals surface area contributed by atoms with E-state index in [1.807, 2.05) is 0 Å². The van der Waals surface area contributed by atoms with Gasteiger partial charge >= 0.3 is 5.97 Å². The fraction of sp³-hybridized carbons (Fsp3) is 0.0476. The monoisotopic (exact) mass is 429 g/mol. The number of benzene rings is 2. The van der Waals surface area contributed by atoms with Gasteiger partial charge in [-0.3, -0.25) is 4.79 Å². The summed E-state index contributed by atoms with van der Waals surface area (Å²) in [4.78, 5) is 24.4. The normalized spacial score (nSPS) is 10.9. The number of carboxylic acids is 1. The van der Waals surface area contributed by atoms with Crippen molar-refractivity contribution in [3.05, 3.63) is 70.8 Å². The largest absolute Gasteiger partial charge is 0.494 e. The highest BCUT2D eigenvalue weighted by Crippen LogP contribution is 2.39. The van der Waals surface area contributed by atoms with Crippen LogP contribution in [0.4, 0.5) is 14.5 Å². The molecule has 0 saturated heterocycles. The third-order valence-electron chi connectivity index (χ3n) is 4.41. The molecule has 0 unspecified atom stereocenters. The summed E-state index contributed by atoms with van der Waals surface area (Å²) in [5.41, 5.74) is -0.153. The molecule has 0 radical (unpaired) electrons. The number of aromatic carboxylic acids is 1. The number of halogens is 2. The number of hydrogen-bond acceptors (Lipinski definition) is 5. The molecule has 4 rings (SSSR count). The highest BCUT2D eigenvalue weighted by atomic mass is 32.1. The van der Waals surface area contributed by atoms with Crippen molar-refractivity contribution in [3.8, 4) is 16.2 Å². The molecule has 0 spiro atoms. The van der Waals surface area contributed by atoms with Crippen LogP contribution < -0.4 is 10.1 Å². The number of carbonyl (C=O) groups excluding carboxylic acids is 1. The Morgan fingerprint density at radius 3 is 2.60 bits per heavy atom. The number of anilines is 1. The van der Waals surface area contributed by atoms with Crippen LogP contribution in [0, 0.1) is 11.6 Å². The van der Waals surface area contributed by atoms with Gasteiger partial charge in [-0.25, -0.2) is 9.18 Å². The predicted molar refractivity (Wildman–Crippen MR) is 107 cm³/mol. The molecule has 0 aliphatic rings. The maximum atomic E-state index is 14.5. The molecular formula is C21H13F2NO5S. The van der Waals surface area contributed by atoms with Gasteiger partial charge in [-0.15, -0.1) is 11.3 Å². The summed E-state index contributed by atoms with van der Waals surface area (Å²) in [6.45, 7) is 0. The molecule has 2 heterocycles. The summed E-state index contributed by atoms with van der Waals surface area (Å²) in [5.74, 6) is -4.85. The van der Waals surface area contributed by atoms with E-state index in [2.05, 4.69) is 5.32 Å². The lowest BCUT2D eigenvalue weighted by molar-refractivity contribution is 0.0699. The molecule has 0 fully saturated rings. The minimum absolute atomic E-state index is 0.0121. The highest BCUT2D eigenvalue weighted by Gasteiger charge is 2.26. The van der Waals surface area contributed by atoms with Crippen molar-refractivity contribution in [1.82, 2.24) is 0 Å². The number of amides is 1. The molecule has 0 atom stereocenters. The quantitative estimate of drug-likeness (QED) is 0.444. The van der Waals surface area contributed by atoms with E-state index in [1.165, 1.54) is 30.7 Å². The van der Waals surface area contributed by atoms with Crippen molar-refractivity contribution in [3.63, 3.8) is 0 Å². The van der Waals surface area contributed by atoms with E-state index in [0.29, 0.717) is 11.0 Å². The minimum atomic E-state index is -1.40. The van der Waals surface area contributed by atoms with Gasteiger partial charge in [0.25, 0.3) is 5.91 Å². The van der Waals surface area contributed by atoms with Gasteiger partial charge in [0, 0.05) is 16.3 Å². The van der Waals surface area contributed by atoms with Gasteiger partial charge in [0.15, 0.2) is 17.3 Å². The topological polar surface area (TPSA) is 88.8 Å². The first-order valence-electron chi connectivity index (χ1n) is 8.57. The van der Waals surface area contributed by atoms with Crippen LogP contribution >= 0.6 is 11.3 Å². The van der Waals surface area contributed by atoms with Gasteiger partial charge in [0.05, 0.1) is 17.7 Å². The number of ether oxygens (including phenoxy) is 1. The Morgan fingerprint density at radius 2 is 1.90 bits per heavy atom. The number of hydrogen-bond donors (Lipinski definition) is 2. The van der Waals surface area contributed by atoms with E-state index in [9.17, 15) is 23.5 Å². The van der Waals surface area contributed by atoms with Crippen molar-refractivity contribution in [2.45, 2.75) is 0 Å². The van der Waals surface area contributed by atoms with Crippen LogP contribution in [0.25, 0.3) is 21.4 Å². The summed E-state index contributed by atoms with van der Waals surface area (Å²) in [5, 5.41) is 14.2. The number of rotatable bonds is 5. The average molecular weight is 429 g/mol. The van der Waals surface area contributed by atoms with E-state index in [-0.39, 0.29) is 33.2 Å². The molecule has 2 N–H and O–H groups in total. The summed E-state index contributed by atoms with van der Waals surface area (Å²) in [7, 11) is 1.19. The van der Waals surface area contributed by atoms with Crippen LogP contribution in [-0.2, 0) is 0 Å². The molecule has 4 aromatic rings. The molecule has 30 heavy (non-hydrogen) atoms. The molecule has 152 valence electrons. The molecule has 1 amide bonds. The van der Waals surface area contributed by atoms with Crippen LogP contribution in [0.15, 0.2) is 52.3 Å². The zero-order chi connectivity index (χ0) is 21.4. The fourth-order valence-corrected chi connectivity index (χ4v) is 4.02. The van der Waals surface area contributed by atoms with Crippen LogP contribution in [0.1, 0.15) is 20.9 Å². The molecule has 0 bridgehead atoms. The molecule has 2 aromatic heterocycles. The van der Waals surface area contributed by atoms with Crippen LogP contribution in [0.3, 0.4) is 0 Å². The summed E-state index contributed by atoms with van der Waals surface area (Å²) < 4.78 is 38.8. The van der Waals surface area contributed by atoms with Crippen LogP contribution in [0.5, 0.6) is 5.75 Å². The molecule has 9 heteroatoms. The van der Waals surface area contributed by atoms with E-state index in [0.717, 1.165) is 11.3 Å². The molecule has 0 saturated carbocycles. The van der Waals surface area contributed by atoms with Crippen molar-refractivity contribution < 1.29 is 32.6 Å². The second-order valence-corrected chi connectivity index (χ2v) is 7.08. The third-order valence-corrected chi connectivity index (χ3v) is 5.43. The van der Waals surface area contributed by atoms with Gasteiger partial charge in [-0.1, -0.05) is 18.2 Å². The fourth-order valence-electron chi connectivity index (χ4n) is 3.00. The molecular weight excluding hydrogens is 416 g/mol. The second-order valence-electron chi connectivity index (χ2n) is 6.20. The zero-order valence-electron chi connectivity index (χ0n) is 15.4. The maximum Gasteiger partial charge on any atom is 0.339 e. The van der Waals surface area contributed by atoms with Crippen molar-refractivity contribution >= 4 is 39.9 Å². The maximum absolute atomic E-state index is 14.5. The van der Waals surface area contributed by atoms with Crippen molar-refractivity contribution in [2.24, 2.45) is 0 Å². The smallest absolute Gasteiger partial charge is 0.339 e. The lowest BCUT2D eigenvalue weighted by Crippen LogP contribution is -2.13. The average Bonchev–Trinajstić information content (AvgIpc) is 3.34. The van der Waals surface area contributed by atoms with Crippen molar-refractivity contribution in [2.75, 3.05) is 12.4 Å². The zero-order valence-corrected chi connectivity index (χ0v) is 16.2. The molecule has 2 aromatic carbocycles. The number of para-hydroxylation sites is 1. The molecule has 0 aliphatic carbocycles. The first-order valence-corrected chi connectivity index (χ1v) is 9.45. The van der Waals surface area contributed by atoms with Gasteiger partial charge in [-0.2, -0.15) is 4.39 Å². The standard InChI is InChI=1S/C21H13F2NO5S/c1-28-14-7-6-11(17(22)18(14)23)19-16(21(26)27)12(9-30-19)24-20(25)15-8-10-4-2-3-5-13(10)29-15/h2-9H,1H3,(H,24,25)(H,26,27). The van der Waals surface area contributed by atoms with Gasteiger partial charge < -0.3 is 19.6 Å². The number of fused-ring (bicyclic) bond motifs is 1. The Morgan fingerprint density at radius 1 is 1.13 bits per heavy atom. The Kier molecular flexibility index (Phi) is 4.96. The van der Waals surface area contributed by atoms with E-state index >= 15 is 0 Å². The number of nitrogens with one attached hydrogen (secondary N) is 1. The van der Waals surface area contributed by atoms with E-state index in [4.69, 9.17) is 9.15 Å². The lowest BCUT2D eigenvalue weighted by atomic mass is 10.1. The van der Waals surface area contributed by atoms with Gasteiger partial charge in [0.2, 0.25) is 5.82 Å². The first-order chi connectivity index (χ1) is 14.4. The van der Waals surface area contributed by atoms with Gasteiger partial charge in [-0.05, 0) is 24.3 Å². The number of carbonyl (C=O) groups is 2. The summed E-state index contributed by atoms with van der Waals surface area (Å²) in [6.07, 6.45) is 0. The molecule has 6 nitrogen and oxygen atoms in total. The summed E-state index contributed by atoms with van der Waals surface area (Å²) in [6, 6.07) is 10.9. The number of carboxylic acid groups (broad SMARTS) is 1. The van der Waals surface area contributed by atoms with Crippen molar-refractivity contribution in [1.29, 1.82) is 0 Å².